The fourth-order valence-electron chi connectivity index (χ4n) is 3.93. The Bertz CT molecular complexity index is 821. The monoisotopic (exact) mass is 391 g/mol. The maximum Gasteiger partial charge on any atom is 0.241 e. The van der Waals surface area contributed by atoms with E-state index in [1.165, 1.54) is 11.1 Å². The van der Waals surface area contributed by atoms with Gasteiger partial charge in [0, 0.05) is 17.3 Å². The molecule has 0 aromatic heterocycles. The van der Waals surface area contributed by atoms with Gasteiger partial charge in [0.1, 0.15) is 0 Å². The van der Waals surface area contributed by atoms with Crippen LogP contribution in [0.5, 0.6) is 0 Å². The van der Waals surface area contributed by atoms with Gasteiger partial charge in [0.05, 0.1) is 6.04 Å². The zero-order valence-corrected chi connectivity index (χ0v) is 17.1. The minimum atomic E-state index is -0.0698. The molecule has 1 saturated carbocycles. The average Bonchev–Trinajstić information content (AvgIpc) is 3.08. The Balaban J connectivity index is 1.29. The summed E-state index contributed by atoms with van der Waals surface area (Å²) in [5.74, 6) is 0.293. The standard InChI is InChI=1S/C24H29N3O2/c1-24(2)15-20(24)22(28)26-18-9-5-16(6-10-18)14-17-7-11-19(12-8-17)27-23(29)21-4-3-13-25-21/h5-12,20-21,25H,3-4,13-15H2,1-2H3,(H,26,28)(H,27,29). The molecule has 5 heteroatoms. The maximum atomic E-state index is 12.2. The second-order valence-corrected chi connectivity index (χ2v) is 8.94. The van der Waals surface area contributed by atoms with Gasteiger partial charge in [0.2, 0.25) is 11.8 Å². The normalized spacial score (nSPS) is 22.1. The second kappa shape index (κ2) is 7.99. The molecule has 1 aliphatic heterocycles. The summed E-state index contributed by atoms with van der Waals surface area (Å²) < 4.78 is 0. The van der Waals surface area contributed by atoms with Crippen LogP contribution >= 0.6 is 0 Å². The molecule has 1 saturated heterocycles. The van der Waals surface area contributed by atoms with Gasteiger partial charge in [0.25, 0.3) is 0 Å². The zero-order valence-electron chi connectivity index (χ0n) is 17.1. The molecule has 3 N–H and O–H groups in total. The molecule has 2 aromatic carbocycles. The first-order valence-corrected chi connectivity index (χ1v) is 10.4. The van der Waals surface area contributed by atoms with Crippen molar-refractivity contribution >= 4 is 23.2 Å². The van der Waals surface area contributed by atoms with Gasteiger partial charge in [0.15, 0.2) is 0 Å². The highest BCUT2D eigenvalue weighted by Crippen LogP contribution is 2.51. The van der Waals surface area contributed by atoms with Crippen LogP contribution in [0.3, 0.4) is 0 Å². The summed E-state index contributed by atoms with van der Waals surface area (Å²) in [6, 6.07) is 16.0. The first kappa shape index (κ1) is 19.6. The molecule has 2 unspecified atom stereocenters. The fraction of sp³-hybridized carbons (Fsp3) is 0.417. The molecule has 2 amide bonds. The first-order chi connectivity index (χ1) is 13.9. The molecular weight excluding hydrogens is 362 g/mol. The molecule has 2 aromatic rings. The van der Waals surface area contributed by atoms with Crippen LogP contribution < -0.4 is 16.0 Å². The van der Waals surface area contributed by atoms with Gasteiger partial charge < -0.3 is 16.0 Å². The van der Waals surface area contributed by atoms with Crippen LogP contribution in [0.2, 0.25) is 0 Å². The van der Waals surface area contributed by atoms with Crippen molar-refractivity contribution in [1.29, 1.82) is 0 Å². The van der Waals surface area contributed by atoms with Crippen LogP contribution in [-0.4, -0.2) is 24.4 Å². The third-order valence-electron chi connectivity index (χ3n) is 6.06. The first-order valence-electron chi connectivity index (χ1n) is 10.4. The lowest BCUT2D eigenvalue weighted by Crippen LogP contribution is -2.35. The number of anilines is 2. The van der Waals surface area contributed by atoms with E-state index in [-0.39, 0.29) is 29.2 Å². The van der Waals surface area contributed by atoms with E-state index in [4.69, 9.17) is 0 Å². The van der Waals surface area contributed by atoms with Crippen LogP contribution in [0.25, 0.3) is 0 Å². The maximum absolute atomic E-state index is 12.2. The lowest BCUT2D eigenvalue weighted by Gasteiger charge is -2.11. The SMILES string of the molecule is CC1(C)CC1C(=O)Nc1ccc(Cc2ccc(NC(=O)C3CCCN3)cc2)cc1. The van der Waals surface area contributed by atoms with E-state index in [2.05, 4.69) is 41.9 Å². The number of rotatable bonds is 6. The molecule has 0 bridgehead atoms. The zero-order chi connectivity index (χ0) is 20.4. The van der Waals surface area contributed by atoms with Crippen LogP contribution in [0.4, 0.5) is 11.4 Å². The molecule has 0 radical (unpaired) electrons. The van der Waals surface area contributed by atoms with Gasteiger partial charge >= 0.3 is 0 Å². The molecule has 2 aliphatic rings. The molecule has 2 atom stereocenters. The highest BCUT2D eigenvalue weighted by molar-refractivity contribution is 5.95. The predicted molar refractivity (Wildman–Crippen MR) is 116 cm³/mol. The van der Waals surface area contributed by atoms with Crippen molar-refractivity contribution in [3.8, 4) is 0 Å². The van der Waals surface area contributed by atoms with Crippen LogP contribution in [-0.2, 0) is 16.0 Å². The molecule has 1 aliphatic carbocycles. The largest absolute Gasteiger partial charge is 0.326 e. The summed E-state index contributed by atoms with van der Waals surface area (Å²) in [5.41, 5.74) is 4.18. The Morgan fingerprint density at radius 1 is 0.931 bits per heavy atom. The highest BCUT2D eigenvalue weighted by atomic mass is 16.2. The molecule has 4 rings (SSSR count). The predicted octanol–water partition coefficient (Wildman–Crippen LogP) is 3.95. The van der Waals surface area contributed by atoms with Crippen molar-refractivity contribution in [3.63, 3.8) is 0 Å². The van der Waals surface area contributed by atoms with Gasteiger partial charge in [-0.25, -0.2) is 0 Å². The number of carbonyl (C=O) groups excluding carboxylic acids is 2. The van der Waals surface area contributed by atoms with E-state index in [1.807, 2.05) is 36.4 Å². The summed E-state index contributed by atoms with van der Waals surface area (Å²) in [5, 5.41) is 9.21. The Labute approximate surface area is 172 Å². The van der Waals surface area contributed by atoms with Gasteiger partial charge in [-0.05, 0) is 73.0 Å². The van der Waals surface area contributed by atoms with E-state index in [0.717, 1.165) is 43.6 Å². The highest BCUT2D eigenvalue weighted by Gasteiger charge is 2.50. The molecule has 152 valence electrons. The van der Waals surface area contributed by atoms with Crippen molar-refractivity contribution in [2.24, 2.45) is 11.3 Å². The second-order valence-electron chi connectivity index (χ2n) is 8.94. The third kappa shape index (κ3) is 4.85. The molecular formula is C24H29N3O2. The average molecular weight is 392 g/mol. The van der Waals surface area contributed by atoms with Crippen molar-refractivity contribution in [2.45, 2.75) is 45.6 Å². The van der Waals surface area contributed by atoms with E-state index in [9.17, 15) is 9.59 Å². The fourth-order valence-corrected chi connectivity index (χ4v) is 3.93. The molecule has 0 spiro atoms. The van der Waals surface area contributed by atoms with Gasteiger partial charge in [-0.3, -0.25) is 9.59 Å². The topological polar surface area (TPSA) is 70.2 Å². The van der Waals surface area contributed by atoms with Crippen LogP contribution in [0.1, 0.15) is 44.2 Å². The number of benzene rings is 2. The van der Waals surface area contributed by atoms with Crippen LogP contribution in [0.15, 0.2) is 48.5 Å². The Morgan fingerprint density at radius 3 is 1.90 bits per heavy atom. The lowest BCUT2D eigenvalue weighted by molar-refractivity contribution is -0.118. The quantitative estimate of drug-likeness (QED) is 0.698. The van der Waals surface area contributed by atoms with Crippen molar-refractivity contribution < 1.29 is 9.59 Å². The van der Waals surface area contributed by atoms with Crippen molar-refractivity contribution in [3.05, 3.63) is 59.7 Å². The van der Waals surface area contributed by atoms with Gasteiger partial charge in [-0.2, -0.15) is 0 Å². The van der Waals surface area contributed by atoms with Crippen molar-refractivity contribution in [2.75, 3.05) is 17.2 Å². The number of carbonyl (C=O) groups is 2. The molecule has 5 nitrogen and oxygen atoms in total. The number of nitrogens with one attached hydrogen (secondary N) is 3. The smallest absolute Gasteiger partial charge is 0.241 e. The number of amides is 2. The number of hydrogen-bond acceptors (Lipinski definition) is 3. The molecule has 2 fully saturated rings. The molecule has 29 heavy (non-hydrogen) atoms. The third-order valence-corrected chi connectivity index (χ3v) is 6.06. The van der Waals surface area contributed by atoms with Gasteiger partial charge in [-0.15, -0.1) is 0 Å². The van der Waals surface area contributed by atoms with Gasteiger partial charge in [-0.1, -0.05) is 38.1 Å². The summed E-state index contributed by atoms with van der Waals surface area (Å²) in [6.07, 6.45) is 3.73. The van der Waals surface area contributed by atoms with Crippen molar-refractivity contribution in [1.82, 2.24) is 5.32 Å². The summed E-state index contributed by atoms with van der Waals surface area (Å²) >= 11 is 0. The van der Waals surface area contributed by atoms with E-state index in [0.29, 0.717) is 0 Å². The minimum absolute atomic E-state index is 0.0440. The van der Waals surface area contributed by atoms with Crippen LogP contribution in [0, 0.1) is 11.3 Å². The molecule has 1 heterocycles. The Kier molecular flexibility index (Phi) is 5.41. The number of hydrogen-bond donors (Lipinski definition) is 3. The van der Waals surface area contributed by atoms with E-state index < -0.39 is 0 Å². The van der Waals surface area contributed by atoms with E-state index >= 15 is 0 Å². The Morgan fingerprint density at radius 2 is 1.45 bits per heavy atom. The summed E-state index contributed by atoms with van der Waals surface area (Å²) in [4.78, 5) is 24.4. The summed E-state index contributed by atoms with van der Waals surface area (Å²) in [6.45, 7) is 5.17. The minimum Gasteiger partial charge on any atom is -0.326 e. The Hall–Kier alpha value is -2.66. The summed E-state index contributed by atoms with van der Waals surface area (Å²) in [7, 11) is 0. The lowest BCUT2D eigenvalue weighted by atomic mass is 10.0. The van der Waals surface area contributed by atoms with E-state index in [1.54, 1.807) is 0 Å².